The number of carbonyl (C=O) groups excluding carboxylic acids is 1. The highest BCUT2D eigenvalue weighted by Crippen LogP contribution is 2.28. The zero-order valence-electron chi connectivity index (χ0n) is 14.7. The first-order valence-electron chi connectivity index (χ1n) is 8.65. The summed E-state index contributed by atoms with van der Waals surface area (Å²) < 4.78 is 41.5. The number of methoxy groups -OCH3 is 1. The highest BCUT2D eigenvalue weighted by molar-refractivity contribution is 5.79. The monoisotopic (exact) mass is 371 g/mol. The van der Waals surface area contributed by atoms with Crippen molar-refractivity contribution in [1.29, 1.82) is 0 Å². The summed E-state index contributed by atoms with van der Waals surface area (Å²) in [7, 11) is 1.44. The highest BCUT2D eigenvalue weighted by Gasteiger charge is 2.25. The van der Waals surface area contributed by atoms with E-state index in [1.54, 1.807) is 18.2 Å². The molecule has 4 nitrogen and oxygen atoms in total. The van der Waals surface area contributed by atoms with Gasteiger partial charge < -0.3 is 15.2 Å². The van der Waals surface area contributed by atoms with Crippen molar-refractivity contribution >= 4 is 5.91 Å². The number of rotatable bonds is 6. The molecule has 26 heavy (non-hydrogen) atoms. The minimum atomic E-state index is -4.15. The minimum Gasteiger partial charge on any atom is -0.504 e. The minimum absolute atomic E-state index is 0.0218. The van der Waals surface area contributed by atoms with E-state index in [-0.39, 0.29) is 30.0 Å². The average Bonchev–Trinajstić information content (AvgIpc) is 2.57. The molecular formula is C19H24F3NO3. The normalized spacial score (nSPS) is 20.9. The topological polar surface area (TPSA) is 58.6 Å². The Hall–Kier alpha value is -2.18. The van der Waals surface area contributed by atoms with Gasteiger partial charge in [-0.3, -0.25) is 4.79 Å². The molecule has 1 fully saturated rings. The van der Waals surface area contributed by atoms with Crippen molar-refractivity contribution in [3.8, 4) is 11.5 Å². The van der Waals surface area contributed by atoms with Gasteiger partial charge in [-0.1, -0.05) is 18.2 Å². The summed E-state index contributed by atoms with van der Waals surface area (Å²) in [6.07, 6.45) is 1.03. The number of ether oxygens (including phenoxy) is 1. The van der Waals surface area contributed by atoms with Crippen LogP contribution in [0.2, 0.25) is 0 Å². The van der Waals surface area contributed by atoms with Crippen molar-refractivity contribution in [3.63, 3.8) is 0 Å². The van der Waals surface area contributed by atoms with Crippen LogP contribution in [-0.2, 0) is 11.2 Å². The predicted octanol–water partition coefficient (Wildman–Crippen LogP) is 4.13. The molecule has 144 valence electrons. The van der Waals surface area contributed by atoms with Crippen LogP contribution < -0.4 is 10.1 Å². The zero-order valence-corrected chi connectivity index (χ0v) is 14.7. The summed E-state index contributed by atoms with van der Waals surface area (Å²) in [4.78, 5) is 12.2. The number of amides is 1. The standard InChI is InChI=1S/C19H24F3NO3/c1-26-17-11-14(6-9-16(17)24)12-18(25)23-15-7-4-13(5-8-15)3-2-10-19(20,21)22/h2-3,6,9,11,13,15,24H,4-5,7-8,10,12H2,1H3,(H,23,25)/b3-2-. The molecule has 0 saturated heterocycles. The Kier molecular flexibility index (Phi) is 6.94. The Morgan fingerprint density at radius 1 is 1.31 bits per heavy atom. The molecule has 1 aliphatic carbocycles. The number of halogens is 3. The molecule has 1 aromatic carbocycles. The maximum absolute atomic E-state index is 12.2. The van der Waals surface area contributed by atoms with Gasteiger partial charge in [0.05, 0.1) is 20.0 Å². The Labute approximate surface area is 151 Å². The third kappa shape index (κ3) is 6.61. The van der Waals surface area contributed by atoms with Crippen LogP contribution in [0.3, 0.4) is 0 Å². The smallest absolute Gasteiger partial charge is 0.392 e. The molecule has 0 radical (unpaired) electrons. The third-order valence-electron chi connectivity index (χ3n) is 4.50. The number of benzene rings is 1. The second-order valence-corrected chi connectivity index (χ2v) is 6.61. The molecule has 2 rings (SSSR count). The Bertz CT molecular complexity index is 635. The lowest BCUT2D eigenvalue weighted by Crippen LogP contribution is -2.38. The number of hydrogen-bond donors (Lipinski definition) is 2. The number of nitrogens with one attached hydrogen (secondary N) is 1. The molecule has 0 bridgehead atoms. The summed E-state index contributed by atoms with van der Waals surface area (Å²) in [5.74, 6) is 0.371. The lowest BCUT2D eigenvalue weighted by atomic mass is 9.85. The first-order chi connectivity index (χ1) is 12.3. The highest BCUT2D eigenvalue weighted by atomic mass is 19.4. The molecule has 0 atom stereocenters. The first kappa shape index (κ1) is 20.1. The Morgan fingerprint density at radius 2 is 2.00 bits per heavy atom. The van der Waals surface area contributed by atoms with Crippen LogP contribution >= 0.6 is 0 Å². The average molecular weight is 371 g/mol. The first-order valence-corrected chi connectivity index (χ1v) is 8.65. The van der Waals surface area contributed by atoms with Crippen molar-refractivity contribution in [2.24, 2.45) is 5.92 Å². The maximum Gasteiger partial charge on any atom is 0.392 e. The van der Waals surface area contributed by atoms with Gasteiger partial charge in [-0.05, 0) is 49.3 Å². The van der Waals surface area contributed by atoms with Crippen LogP contribution in [0, 0.1) is 5.92 Å². The van der Waals surface area contributed by atoms with E-state index in [0.717, 1.165) is 31.2 Å². The van der Waals surface area contributed by atoms with Crippen molar-refractivity contribution < 1.29 is 27.8 Å². The molecule has 0 unspecified atom stereocenters. The van der Waals surface area contributed by atoms with Crippen LogP contribution in [0.1, 0.15) is 37.7 Å². The fourth-order valence-corrected chi connectivity index (χ4v) is 3.15. The van der Waals surface area contributed by atoms with Gasteiger partial charge in [0.1, 0.15) is 0 Å². The van der Waals surface area contributed by atoms with Gasteiger partial charge >= 0.3 is 6.18 Å². The lowest BCUT2D eigenvalue weighted by Gasteiger charge is -2.27. The molecule has 0 aromatic heterocycles. The fraction of sp³-hybridized carbons (Fsp3) is 0.526. The van der Waals surface area contributed by atoms with E-state index in [2.05, 4.69) is 5.32 Å². The quantitative estimate of drug-likeness (QED) is 0.740. The van der Waals surface area contributed by atoms with Crippen LogP contribution in [0.25, 0.3) is 0 Å². The second kappa shape index (κ2) is 8.96. The number of carbonyl (C=O) groups is 1. The van der Waals surface area contributed by atoms with E-state index >= 15 is 0 Å². The predicted molar refractivity (Wildman–Crippen MR) is 92.1 cm³/mol. The van der Waals surface area contributed by atoms with Gasteiger partial charge in [-0.15, -0.1) is 0 Å². The van der Waals surface area contributed by atoms with Gasteiger partial charge in [0.2, 0.25) is 5.91 Å². The molecule has 0 aliphatic heterocycles. The molecule has 7 heteroatoms. The maximum atomic E-state index is 12.2. The van der Waals surface area contributed by atoms with Crippen molar-refractivity contribution in [2.75, 3.05) is 7.11 Å². The van der Waals surface area contributed by atoms with Crippen LogP contribution in [0.5, 0.6) is 11.5 Å². The van der Waals surface area contributed by atoms with E-state index in [9.17, 15) is 23.1 Å². The lowest BCUT2D eigenvalue weighted by molar-refractivity contribution is -0.125. The molecule has 2 N–H and O–H groups in total. The summed E-state index contributed by atoms with van der Waals surface area (Å²) in [5.41, 5.74) is 0.737. The Morgan fingerprint density at radius 3 is 2.62 bits per heavy atom. The molecule has 1 saturated carbocycles. The van der Waals surface area contributed by atoms with Crippen molar-refractivity contribution in [2.45, 2.75) is 50.7 Å². The second-order valence-electron chi connectivity index (χ2n) is 6.61. The third-order valence-corrected chi connectivity index (χ3v) is 4.50. The number of phenolic OH excluding ortho intramolecular Hbond substituents is 1. The van der Waals surface area contributed by atoms with Gasteiger partial charge in [-0.25, -0.2) is 0 Å². The summed E-state index contributed by atoms with van der Waals surface area (Å²) in [6.45, 7) is 0. The van der Waals surface area contributed by atoms with Crippen LogP contribution in [-0.4, -0.2) is 30.3 Å². The fourth-order valence-electron chi connectivity index (χ4n) is 3.15. The molecule has 0 heterocycles. The summed E-state index contributed by atoms with van der Waals surface area (Å²) in [6, 6.07) is 4.82. The summed E-state index contributed by atoms with van der Waals surface area (Å²) in [5, 5.41) is 12.5. The number of hydrogen-bond acceptors (Lipinski definition) is 3. The molecule has 1 aromatic rings. The van der Waals surface area contributed by atoms with Crippen LogP contribution in [0.15, 0.2) is 30.4 Å². The van der Waals surface area contributed by atoms with Gasteiger partial charge in [0, 0.05) is 6.04 Å². The van der Waals surface area contributed by atoms with Gasteiger partial charge in [-0.2, -0.15) is 13.2 Å². The van der Waals surface area contributed by atoms with E-state index in [1.165, 1.54) is 19.3 Å². The van der Waals surface area contributed by atoms with Crippen LogP contribution in [0.4, 0.5) is 13.2 Å². The van der Waals surface area contributed by atoms with E-state index in [4.69, 9.17) is 4.74 Å². The summed E-state index contributed by atoms with van der Waals surface area (Å²) >= 11 is 0. The SMILES string of the molecule is COc1cc(CC(=O)NC2CCC(/C=C\CC(F)(F)F)CC2)ccc1O. The number of alkyl halides is 3. The van der Waals surface area contributed by atoms with Gasteiger partial charge in [0.15, 0.2) is 11.5 Å². The van der Waals surface area contributed by atoms with Crippen molar-refractivity contribution in [1.82, 2.24) is 5.32 Å². The molecule has 1 amide bonds. The van der Waals surface area contributed by atoms with E-state index in [1.807, 2.05) is 0 Å². The van der Waals surface area contributed by atoms with E-state index in [0.29, 0.717) is 5.75 Å². The van der Waals surface area contributed by atoms with E-state index < -0.39 is 12.6 Å². The molecule has 1 aliphatic rings. The zero-order chi connectivity index (χ0) is 19.2. The Balaban J connectivity index is 1.76. The molecular weight excluding hydrogens is 347 g/mol. The number of allylic oxidation sites excluding steroid dienone is 2. The molecule has 0 spiro atoms. The van der Waals surface area contributed by atoms with Gasteiger partial charge in [0.25, 0.3) is 0 Å². The number of phenols is 1. The number of aromatic hydroxyl groups is 1. The van der Waals surface area contributed by atoms with Crippen molar-refractivity contribution in [3.05, 3.63) is 35.9 Å². The largest absolute Gasteiger partial charge is 0.504 e.